The molecule has 3 aromatic rings. The van der Waals surface area contributed by atoms with Gasteiger partial charge >= 0.3 is 0 Å². The fourth-order valence-electron chi connectivity index (χ4n) is 3.99. The third kappa shape index (κ3) is 6.45. The zero-order chi connectivity index (χ0) is 24.8. The first kappa shape index (κ1) is 24.4. The number of piperazine rings is 1. The number of furan rings is 1. The summed E-state index contributed by atoms with van der Waals surface area (Å²) in [6, 6.07) is 12.6. The molecule has 9 nitrogen and oxygen atoms in total. The Morgan fingerprint density at radius 1 is 1.06 bits per heavy atom. The Bertz CT molecular complexity index is 1150. The topological polar surface area (TPSA) is 104 Å². The number of hydrogen-bond acceptors (Lipinski definition) is 7. The molecular weight excluding hydrogens is 444 g/mol. The third-order valence-corrected chi connectivity index (χ3v) is 5.89. The zero-order valence-corrected chi connectivity index (χ0v) is 20.5. The van der Waals surface area contributed by atoms with Crippen LogP contribution in [0.4, 0.5) is 11.5 Å². The minimum Gasteiger partial charge on any atom is -0.467 e. The molecule has 2 aromatic heterocycles. The van der Waals surface area contributed by atoms with Crippen LogP contribution in [0.15, 0.2) is 53.1 Å². The number of aromatic nitrogens is 2. The molecule has 3 heterocycles. The average molecular weight is 477 g/mol. The van der Waals surface area contributed by atoms with Crippen LogP contribution in [-0.2, 0) is 11.3 Å². The molecule has 35 heavy (non-hydrogen) atoms. The Balaban J connectivity index is 1.30. The summed E-state index contributed by atoms with van der Waals surface area (Å²) in [6.45, 7) is 9.79. The highest BCUT2D eigenvalue weighted by atomic mass is 16.3. The maximum absolute atomic E-state index is 12.8. The van der Waals surface area contributed by atoms with Crippen LogP contribution in [0.25, 0.3) is 0 Å². The van der Waals surface area contributed by atoms with Crippen molar-refractivity contribution in [1.82, 2.24) is 20.2 Å². The molecule has 1 saturated heterocycles. The van der Waals surface area contributed by atoms with Gasteiger partial charge in [0.05, 0.1) is 30.6 Å². The van der Waals surface area contributed by atoms with Crippen molar-refractivity contribution in [2.75, 3.05) is 42.9 Å². The van der Waals surface area contributed by atoms with E-state index in [9.17, 15) is 9.59 Å². The van der Waals surface area contributed by atoms with E-state index in [0.29, 0.717) is 17.0 Å². The fraction of sp³-hybridized carbons (Fsp3) is 0.385. The molecular formula is C26H32N6O3. The molecule has 0 radical (unpaired) electrons. The smallest absolute Gasteiger partial charge is 0.253 e. The van der Waals surface area contributed by atoms with E-state index in [4.69, 9.17) is 9.40 Å². The van der Waals surface area contributed by atoms with Crippen molar-refractivity contribution in [2.45, 2.75) is 33.2 Å². The quantitative estimate of drug-likeness (QED) is 0.515. The second-order valence-electron chi connectivity index (χ2n) is 9.00. The Labute approximate surface area is 205 Å². The minimum absolute atomic E-state index is 0.148. The summed E-state index contributed by atoms with van der Waals surface area (Å²) in [6.07, 6.45) is 1.56. The van der Waals surface area contributed by atoms with Gasteiger partial charge in [-0.05, 0) is 31.2 Å². The predicted octanol–water partition coefficient (Wildman–Crippen LogP) is 3.19. The van der Waals surface area contributed by atoms with Crippen LogP contribution in [0, 0.1) is 6.92 Å². The molecule has 0 spiro atoms. The van der Waals surface area contributed by atoms with E-state index >= 15 is 0 Å². The summed E-state index contributed by atoms with van der Waals surface area (Å²) < 4.78 is 5.26. The van der Waals surface area contributed by atoms with Crippen LogP contribution in [0.1, 0.15) is 47.4 Å². The molecule has 0 bridgehead atoms. The van der Waals surface area contributed by atoms with Gasteiger partial charge in [-0.25, -0.2) is 9.97 Å². The number of aryl methyl sites for hydroxylation is 1. The largest absolute Gasteiger partial charge is 0.467 e. The highest BCUT2D eigenvalue weighted by molar-refractivity contribution is 6.04. The number of carbonyl (C=O) groups excluding carboxylic acids is 2. The first-order valence-electron chi connectivity index (χ1n) is 11.9. The van der Waals surface area contributed by atoms with Crippen molar-refractivity contribution in [3.05, 3.63) is 71.6 Å². The number of carbonyl (C=O) groups is 2. The number of rotatable bonds is 8. The van der Waals surface area contributed by atoms with E-state index < -0.39 is 0 Å². The normalized spacial score (nSPS) is 14.2. The molecule has 1 fully saturated rings. The average Bonchev–Trinajstić information content (AvgIpc) is 3.36. The summed E-state index contributed by atoms with van der Waals surface area (Å²) in [4.78, 5) is 39.1. The number of benzene rings is 1. The summed E-state index contributed by atoms with van der Waals surface area (Å²) in [7, 11) is 0. The van der Waals surface area contributed by atoms with E-state index in [1.54, 1.807) is 42.7 Å². The lowest BCUT2D eigenvalue weighted by atomic mass is 10.1. The number of amides is 2. The van der Waals surface area contributed by atoms with Gasteiger partial charge in [-0.15, -0.1) is 0 Å². The molecule has 0 unspecified atom stereocenters. The Hall–Kier alpha value is -3.72. The number of hydrogen-bond donors (Lipinski definition) is 2. The van der Waals surface area contributed by atoms with Crippen molar-refractivity contribution in [1.29, 1.82) is 0 Å². The lowest BCUT2D eigenvalue weighted by molar-refractivity contribution is -0.117. The molecule has 2 N–H and O–H groups in total. The van der Waals surface area contributed by atoms with Gasteiger partial charge in [0.2, 0.25) is 5.91 Å². The molecule has 1 aliphatic heterocycles. The Morgan fingerprint density at radius 3 is 2.54 bits per heavy atom. The molecule has 0 aliphatic carbocycles. The Kier molecular flexibility index (Phi) is 7.77. The van der Waals surface area contributed by atoms with Crippen molar-refractivity contribution < 1.29 is 14.0 Å². The standard InChI is InChI=1S/C26H32N6O3/c1-18(2)25-28-19(3)15-23(30-25)32-12-10-31(11-13-32)17-24(33)29-22-9-5-4-8-21(22)26(34)27-16-20-7-6-14-35-20/h4-9,14-15,18H,10-13,16-17H2,1-3H3,(H,27,34)(H,29,33). The molecule has 4 rings (SSSR count). The van der Waals surface area contributed by atoms with Crippen molar-refractivity contribution in [3.63, 3.8) is 0 Å². The van der Waals surface area contributed by atoms with Gasteiger partial charge in [-0.1, -0.05) is 26.0 Å². The first-order valence-corrected chi connectivity index (χ1v) is 11.9. The molecule has 2 amide bonds. The lowest BCUT2D eigenvalue weighted by Crippen LogP contribution is -2.49. The van der Waals surface area contributed by atoms with E-state index in [-0.39, 0.29) is 30.8 Å². The van der Waals surface area contributed by atoms with Gasteiger partial charge in [0.15, 0.2) is 0 Å². The van der Waals surface area contributed by atoms with Crippen LogP contribution in [0.3, 0.4) is 0 Å². The number of nitrogens with one attached hydrogen (secondary N) is 2. The van der Waals surface area contributed by atoms with Crippen LogP contribution in [0.5, 0.6) is 0 Å². The molecule has 184 valence electrons. The van der Waals surface area contributed by atoms with E-state index in [1.165, 1.54) is 0 Å². The highest BCUT2D eigenvalue weighted by Gasteiger charge is 2.22. The summed E-state index contributed by atoms with van der Waals surface area (Å²) >= 11 is 0. The van der Waals surface area contributed by atoms with E-state index in [2.05, 4.69) is 39.3 Å². The van der Waals surface area contributed by atoms with Gasteiger partial charge in [0.25, 0.3) is 5.91 Å². The molecule has 0 atom stereocenters. The van der Waals surface area contributed by atoms with Gasteiger partial charge < -0.3 is 20.0 Å². The summed E-state index contributed by atoms with van der Waals surface area (Å²) in [5.74, 6) is 2.32. The van der Waals surface area contributed by atoms with Crippen molar-refractivity contribution in [3.8, 4) is 0 Å². The van der Waals surface area contributed by atoms with Crippen LogP contribution in [0.2, 0.25) is 0 Å². The molecule has 0 saturated carbocycles. The van der Waals surface area contributed by atoms with Crippen LogP contribution < -0.4 is 15.5 Å². The number of nitrogens with zero attached hydrogens (tertiary/aromatic N) is 4. The second kappa shape index (κ2) is 11.1. The van der Waals surface area contributed by atoms with E-state index in [0.717, 1.165) is 43.5 Å². The molecule has 1 aromatic carbocycles. The van der Waals surface area contributed by atoms with Crippen molar-refractivity contribution >= 4 is 23.3 Å². The lowest BCUT2D eigenvalue weighted by Gasteiger charge is -2.35. The maximum atomic E-state index is 12.8. The SMILES string of the molecule is Cc1cc(N2CCN(CC(=O)Nc3ccccc3C(=O)NCc3ccco3)CC2)nc(C(C)C)n1. The zero-order valence-electron chi connectivity index (χ0n) is 20.5. The summed E-state index contributed by atoms with van der Waals surface area (Å²) in [5.41, 5.74) is 1.87. The number of anilines is 2. The van der Waals surface area contributed by atoms with Gasteiger partial charge in [-0.3, -0.25) is 14.5 Å². The first-order chi connectivity index (χ1) is 16.9. The third-order valence-electron chi connectivity index (χ3n) is 5.89. The van der Waals surface area contributed by atoms with E-state index in [1.807, 2.05) is 13.0 Å². The predicted molar refractivity (Wildman–Crippen MR) is 134 cm³/mol. The monoisotopic (exact) mass is 476 g/mol. The maximum Gasteiger partial charge on any atom is 0.253 e. The molecule has 1 aliphatic rings. The summed E-state index contributed by atoms with van der Waals surface area (Å²) in [5, 5.41) is 5.72. The van der Waals surface area contributed by atoms with Gasteiger partial charge in [0, 0.05) is 43.9 Å². The van der Waals surface area contributed by atoms with Gasteiger partial charge in [-0.2, -0.15) is 0 Å². The molecule has 9 heteroatoms. The van der Waals surface area contributed by atoms with Crippen LogP contribution >= 0.6 is 0 Å². The highest BCUT2D eigenvalue weighted by Crippen LogP contribution is 2.19. The minimum atomic E-state index is -0.271. The van der Waals surface area contributed by atoms with Gasteiger partial charge in [0.1, 0.15) is 17.4 Å². The van der Waals surface area contributed by atoms with Crippen molar-refractivity contribution in [2.24, 2.45) is 0 Å². The Morgan fingerprint density at radius 2 is 1.83 bits per heavy atom. The fourth-order valence-corrected chi connectivity index (χ4v) is 3.99. The second-order valence-corrected chi connectivity index (χ2v) is 9.00. The number of para-hydroxylation sites is 1. The van der Waals surface area contributed by atoms with Crippen LogP contribution in [-0.4, -0.2) is 59.4 Å².